The Kier molecular flexibility index (Phi) is 7.53. The van der Waals surface area contributed by atoms with Crippen LogP contribution in [0.1, 0.15) is 34.1 Å². The molecule has 3 aromatic rings. The second-order valence-electron chi connectivity index (χ2n) is 8.37. The van der Waals surface area contributed by atoms with Crippen LogP contribution in [0, 0.1) is 12.7 Å². The highest BCUT2D eigenvalue weighted by molar-refractivity contribution is 5.99. The number of ether oxygens (including phenoxy) is 2. The summed E-state index contributed by atoms with van der Waals surface area (Å²) in [5, 5.41) is 0. The first kappa shape index (κ1) is 25.6. The number of nitrogens with zero attached hydrogens (tertiary/aromatic N) is 3. The van der Waals surface area contributed by atoms with Gasteiger partial charge in [0, 0.05) is 36.8 Å². The number of Topliss-reactive ketones (excluding diaryl/α,β-unsaturated/α-hetero) is 1. The van der Waals surface area contributed by atoms with Crippen LogP contribution in [0.4, 0.5) is 23.2 Å². The lowest BCUT2D eigenvalue weighted by Crippen LogP contribution is -2.36. The molecule has 0 atom stereocenters. The van der Waals surface area contributed by atoms with Gasteiger partial charge in [-0.2, -0.15) is 13.2 Å². The van der Waals surface area contributed by atoms with Gasteiger partial charge in [-0.25, -0.2) is 14.4 Å². The predicted octanol–water partition coefficient (Wildman–Crippen LogP) is 5.27. The van der Waals surface area contributed by atoms with Crippen molar-refractivity contribution in [3.8, 4) is 17.0 Å². The summed E-state index contributed by atoms with van der Waals surface area (Å²) in [6.45, 7) is 6.74. The third-order valence-electron chi connectivity index (χ3n) is 5.91. The van der Waals surface area contributed by atoms with E-state index in [2.05, 4.69) is 14.9 Å². The molecule has 1 fully saturated rings. The number of ketones is 1. The molecule has 0 spiro atoms. The number of anilines is 1. The van der Waals surface area contributed by atoms with Gasteiger partial charge in [-0.05, 0) is 48.7 Å². The van der Waals surface area contributed by atoms with E-state index in [1.807, 2.05) is 19.9 Å². The first-order chi connectivity index (χ1) is 17.2. The molecule has 0 aliphatic carbocycles. The van der Waals surface area contributed by atoms with Gasteiger partial charge in [-0.1, -0.05) is 12.1 Å². The van der Waals surface area contributed by atoms with Crippen molar-refractivity contribution >= 4 is 11.5 Å². The van der Waals surface area contributed by atoms with Crippen LogP contribution in [0.25, 0.3) is 11.1 Å². The van der Waals surface area contributed by atoms with Gasteiger partial charge in [0.1, 0.15) is 17.2 Å². The third kappa shape index (κ3) is 5.64. The van der Waals surface area contributed by atoms with Crippen LogP contribution in [0.2, 0.25) is 0 Å². The first-order valence-electron chi connectivity index (χ1n) is 11.5. The van der Waals surface area contributed by atoms with Crippen LogP contribution >= 0.6 is 0 Å². The van der Waals surface area contributed by atoms with E-state index in [0.29, 0.717) is 51.1 Å². The molecule has 1 aliphatic rings. The van der Waals surface area contributed by atoms with Gasteiger partial charge in [0.25, 0.3) is 0 Å². The molecule has 36 heavy (non-hydrogen) atoms. The maximum absolute atomic E-state index is 14.1. The Morgan fingerprint density at radius 1 is 1.11 bits per heavy atom. The SMILES string of the molecule is CCOc1ncc(-c2cc(C(=O)Cc3cc(C(F)(F)F)ncc3F)ccc2C)cc1N1CCOCC1. The second kappa shape index (κ2) is 10.6. The van der Waals surface area contributed by atoms with Gasteiger partial charge in [0.05, 0.1) is 26.0 Å². The van der Waals surface area contributed by atoms with Crippen LogP contribution < -0.4 is 9.64 Å². The number of pyridine rings is 2. The Balaban J connectivity index is 1.66. The minimum atomic E-state index is -4.73. The van der Waals surface area contributed by atoms with E-state index in [1.165, 1.54) is 0 Å². The molecular formula is C26H25F4N3O3. The molecule has 1 aromatic carbocycles. The fourth-order valence-electron chi connectivity index (χ4n) is 4.02. The summed E-state index contributed by atoms with van der Waals surface area (Å²) in [6, 6.07) is 7.50. The topological polar surface area (TPSA) is 64.5 Å². The van der Waals surface area contributed by atoms with Crippen LogP contribution in [-0.4, -0.2) is 48.7 Å². The molecule has 0 radical (unpaired) electrons. The van der Waals surface area contributed by atoms with E-state index in [0.717, 1.165) is 22.4 Å². The molecule has 0 saturated carbocycles. The van der Waals surface area contributed by atoms with E-state index in [-0.39, 0.29) is 11.1 Å². The molecule has 190 valence electrons. The fraction of sp³-hybridized carbons (Fsp3) is 0.346. The van der Waals surface area contributed by atoms with Crippen molar-refractivity contribution in [3.05, 3.63) is 70.9 Å². The van der Waals surface area contributed by atoms with Gasteiger partial charge < -0.3 is 14.4 Å². The Labute approximate surface area is 205 Å². The van der Waals surface area contributed by atoms with Crippen LogP contribution in [-0.2, 0) is 17.3 Å². The van der Waals surface area contributed by atoms with E-state index in [1.54, 1.807) is 24.4 Å². The van der Waals surface area contributed by atoms with Crippen LogP contribution in [0.3, 0.4) is 0 Å². The van der Waals surface area contributed by atoms with Crippen molar-refractivity contribution < 1.29 is 31.8 Å². The standard InChI is InChI=1S/C26H25F4N3O3/c1-3-36-25-22(33-6-8-35-9-7-33)11-19(14-32-25)20-10-17(5-4-16(20)2)23(34)12-18-13-24(26(28,29)30)31-15-21(18)27/h4-5,10-11,13-15H,3,6-9,12H2,1-2H3. The molecule has 0 amide bonds. The molecular weight excluding hydrogens is 478 g/mol. The number of aromatic nitrogens is 2. The number of morpholine rings is 1. The maximum Gasteiger partial charge on any atom is 0.433 e. The van der Waals surface area contributed by atoms with Gasteiger partial charge >= 0.3 is 6.18 Å². The fourth-order valence-corrected chi connectivity index (χ4v) is 4.02. The molecule has 1 aliphatic heterocycles. The summed E-state index contributed by atoms with van der Waals surface area (Å²) in [4.78, 5) is 22.7. The Morgan fingerprint density at radius 3 is 2.56 bits per heavy atom. The summed E-state index contributed by atoms with van der Waals surface area (Å²) in [7, 11) is 0. The lowest BCUT2D eigenvalue weighted by molar-refractivity contribution is -0.141. The molecule has 6 nitrogen and oxygen atoms in total. The van der Waals surface area contributed by atoms with E-state index < -0.39 is 29.9 Å². The molecule has 2 aromatic heterocycles. The number of hydrogen-bond donors (Lipinski definition) is 0. The monoisotopic (exact) mass is 503 g/mol. The molecule has 1 saturated heterocycles. The molecule has 0 N–H and O–H groups in total. The van der Waals surface area contributed by atoms with Crippen LogP contribution in [0.15, 0.2) is 42.7 Å². The number of halogens is 4. The van der Waals surface area contributed by atoms with Crippen molar-refractivity contribution in [1.82, 2.24) is 9.97 Å². The third-order valence-corrected chi connectivity index (χ3v) is 5.91. The highest BCUT2D eigenvalue weighted by Gasteiger charge is 2.33. The predicted molar refractivity (Wildman–Crippen MR) is 126 cm³/mol. The largest absolute Gasteiger partial charge is 0.476 e. The normalized spacial score (nSPS) is 14.1. The van der Waals surface area contributed by atoms with Gasteiger partial charge in [-0.15, -0.1) is 0 Å². The number of rotatable bonds is 7. The average molecular weight is 503 g/mol. The number of hydrogen-bond acceptors (Lipinski definition) is 6. The zero-order valence-corrected chi connectivity index (χ0v) is 19.9. The molecule has 4 rings (SSSR count). The summed E-state index contributed by atoms with van der Waals surface area (Å²) < 4.78 is 64.3. The summed E-state index contributed by atoms with van der Waals surface area (Å²) in [6.07, 6.45) is -3.11. The van der Waals surface area contributed by atoms with Gasteiger partial charge in [0.15, 0.2) is 5.78 Å². The maximum atomic E-state index is 14.1. The Hall–Kier alpha value is -3.53. The van der Waals surface area contributed by atoms with E-state index >= 15 is 0 Å². The minimum Gasteiger partial charge on any atom is -0.476 e. The number of carbonyl (C=O) groups excluding carboxylic acids is 1. The number of aryl methyl sites for hydroxylation is 1. The highest BCUT2D eigenvalue weighted by atomic mass is 19.4. The van der Waals surface area contributed by atoms with E-state index in [4.69, 9.17) is 9.47 Å². The second-order valence-corrected chi connectivity index (χ2v) is 8.37. The summed E-state index contributed by atoms with van der Waals surface area (Å²) in [5.41, 5.74) is 1.82. The van der Waals surface area contributed by atoms with Crippen molar-refractivity contribution in [2.45, 2.75) is 26.4 Å². The quantitative estimate of drug-likeness (QED) is 0.323. The van der Waals surface area contributed by atoms with Crippen molar-refractivity contribution in [3.63, 3.8) is 0 Å². The summed E-state index contributed by atoms with van der Waals surface area (Å²) >= 11 is 0. The zero-order valence-electron chi connectivity index (χ0n) is 19.9. The van der Waals surface area contributed by atoms with E-state index in [9.17, 15) is 22.4 Å². The zero-order chi connectivity index (χ0) is 25.9. The minimum absolute atomic E-state index is 0.252. The number of carbonyl (C=O) groups is 1. The van der Waals surface area contributed by atoms with Crippen molar-refractivity contribution in [1.29, 1.82) is 0 Å². The van der Waals surface area contributed by atoms with Crippen LogP contribution in [0.5, 0.6) is 5.88 Å². The van der Waals surface area contributed by atoms with Gasteiger partial charge in [0.2, 0.25) is 5.88 Å². The smallest absolute Gasteiger partial charge is 0.433 e. The lowest BCUT2D eigenvalue weighted by atomic mass is 9.95. The van der Waals surface area contributed by atoms with Crippen molar-refractivity contribution in [2.24, 2.45) is 0 Å². The molecule has 0 bridgehead atoms. The summed E-state index contributed by atoms with van der Waals surface area (Å²) in [5.74, 6) is -0.974. The average Bonchev–Trinajstić information content (AvgIpc) is 2.86. The Bertz CT molecular complexity index is 1260. The Morgan fingerprint density at radius 2 is 1.86 bits per heavy atom. The van der Waals surface area contributed by atoms with Crippen molar-refractivity contribution in [2.75, 3.05) is 37.8 Å². The molecule has 3 heterocycles. The highest BCUT2D eigenvalue weighted by Crippen LogP contribution is 2.34. The molecule has 0 unspecified atom stereocenters. The number of benzene rings is 1. The lowest BCUT2D eigenvalue weighted by Gasteiger charge is -2.30. The first-order valence-corrected chi connectivity index (χ1v) is 11.5. The van der Waals surface area contributed by atoms with Gasteiger partial charge in [-0.3, -0.25) is 4.79 Å². The molecule has 10 heteroatoms. The number of alkyl halides is 3.